The maximum Gasteiger partial charge on any atom is 0.349 e. The largest absolute Gasteiger partial charge is 0.478 e. The Morgan fingerprint density at radius 3 is 2.00 bits per heavy atom. The lowest BCUT2D eigenvalue weighted by Crippen LogP contribution is -2.45. The molecule has 7 heteroatoms. The number of aliphatic carboxylic acids is 1. The zero-order chi connectivity index (χ0) is 16.4. The molecule has 0 saturated heterocycles. The molecule has 0 amide bonds. The number of allylic oxidation sites excluding steroid dienone is 1. The minimum absolute atomic E-state index is 0.0245. The Labute approximate surface area is 122 Å². The fraction of sp³-hybridized carbons (Fsp3) is 0.571. The minimum atomic E-state index is -1.85. The Balaban J connectivity index is 4.94. The van der Waals surface area contributed by atoms with E-state index in [1.165, 1.54) is 13.0 Å². The van der Waals surface area contributed by atoms with Crippen LogP contribution < -0.4 is 0 Å². The van der Waals surface area contributed by atoms with Gasteiger partial charge in [0.15, 0.2) is 5.78 Å². The molecule has 0 fully saturated rings. The van der Waals surface area contributed by atoms with Crippen molar-refractivity contribution >= 4 is 23.7 Å². The zero-order valence-corrected chi connectivity index (χ0v) is 12.3. The second-order valence-electron chi connectivity index (χ2n) is 4.21. The van der Waals surface area contributed by atoms with Gasteiger partial charge in [-0.05, 0) is 13.3 Å². The van der Waals surface area contributed by atoms with Crippen LogP contribution in [0.2, 0.25) is 0 Å². The number of carbonyl (C=O) groups is 4. The van der Waals surface area contributed by atoms with Gasteiger partial charge in [0.2, 0.25) is 12.2 Å². The molecular weight excluding hydrogens is 280 g/mol. The molecule has 0 aromatic heterocycles. The van der Waals surface area contributed by atoms with Crippen LogP contribution in [0, 0.1) is 0 Å². The van der Waals surface area contributed by atoms with E-state index in [1.807, 2.05) is 6.92 Å². The van der Waals surface area contributed by atoms with Crippen molar-refractivity contribution in [3.05, 3.63) is 12.2 Å². The molecule has 118 valence electrons. The molecule has 0 radical (unpaired) electrons. The van der Waals surface area contributed by atoms with E-state index in [-0.39, 0.29) is 12.8 Å². The number of hydrogen-bond donors (Lipinski definition) is 1. The van der Waals surface area contributed by atoms with Crippen LogP contribution in [0.5, 0.6) is 0 Å². The Hall–Kier alpha value is -2.18. The molecule has 0 bridgehead atoms. The van der Waals surface area contributed by atoms with Gasteiger partial charge >= 0.3 is 17.9 Å². The summed E-state index contributed by atoms with van der Waals surface area (Å²) in [6.45, 7) is 4.43. The molecule has 0 heterocycles. The summed E-state index contributed by atoms with van der Waals surface area (Å²) >= 11 is 0. The van der Waals surface area contributed by atoms with E-state index in [2.05, 4.69) is 0 Å². The monoisotopic (exact) mass is 300 g/mol. The fourth-order valence-electron chi connectivity index (χ4n) is 1.36. The molecule has 0 rings (SSSR count). The summed E-state index contributed by atoms with van der Waals surface area (Å²) in [4.78, 5) is 45.3. The number of hydrogen-bond acceptors (Lipinski definition) is 6. The van der Waals surface area contributed by atoms with Gasteiger partial charge in [-0.1, -0.05) is 26.0 Å². The predicted octanol–water partition coefficient (Wildman–Crippen LogP) is 1.25. The Morgan fingerprint density at radius 1 is 1.00 bits per heavy atom. The number of carbonyl (C=O) groups excluding carboxylic acids is 3. The van der Waals surface area contributed by atoms with Gasteiger partial charge in [0.05, 0.1) is 6.42 Å². The Kier molecular flexibility index (Phi) is 8.68. The molecule has 0 aliphatic rings. The van der Waals surface area contributed by atoms with Crippen LogP contribution in [0.3, 0.4) is 0 Å². The average molecular weight is 300 g/mol. The van der Waals surface area contributed by atoms with Crippen LogP contribution in [0.15, 0.2) is 12.2 Å². The average Bonchev–Trinajstić information content (AvgIpc) is 2.42. The molecule has 2 atom stereocenters. The Bertz CT molecular complexity index is 425. The number of carboxylic acid groups (broad SMARTS) is 1. The smallest absolute Gasteiger partial charge is 0.349 e. The number of esters is 2. The molecule has 0 aromatic rings. The van der Waals surface area contributed by atoms with E-state index in [4.69, 9.17) is 14.6 Å². The highest BCUT2D eigenvalue weighted by Crippen LogP contribution is 2.10. The van der Waals surface area contributed by atoms with Gasteiger partial charge in [-0.25, -0.2) is 4.79 Å². The first-order chi connectivity index (χ1) is 9.83. The number of Topliss-reactive ketones (excluding diaryl/α,β-unsaturated/α-hetero) is 1. The maximum absolute atomic E-state index is 11.5. The first-order valence-corrected chi connectivity index (χ1v) is 6.60. The predicted molar refractivity (Wildman–Crippen MR) is 72.4 cm³/mol. The molecule has 0 saturated carbocycles. The summed E-state index contributed by atoms with van der Waals surface area (Å²) in [5, 5.41) is 9.06. The molecule has 0 aliphatic carbocycles. The third kappa shape index (κ3) is 7.24. The second kappa shape index (κ2) is 9.68. The van der Waals surface area contributed by atoms with Crippen molar-refractivity contribution in [3.63, 3.8) is 0 Å². The van der Waals surface area contributed by atoms with Crippen LogP contribution in [0.25, 0.3) is 0 Å². The summed E-state index contributed by atoms with van der Waals surface area (Å²) in [5.41, 5.74) is 0. The molecule has 1 N–H and O–H groups in total. The second-order valence-corrected chi connectivity index (χ2v) is 4.21. The molecule has 2 unspecified atom stereocenters. The lowest BCUT2D eigenvalue weighted by Gasteiger charge is -2.21. The standard InChI is InChI=1S/C14H20O7/c1-4-6-7-8-11(17)21-13(14(18)19)12(9(3)15)20-10(16)5-2/h6-7,12-13H,4-5,8H2,1-3H3,(H,18,19)/b7-6-. The Morgan fingerprint density at radius 2 is 1.57 bits per heavy atom. The van der Waals surface area contributed by atoms with E-state index in [1.54, 1.807) is 6.08 Å². The number of carboxylic acids is 1. The van der Waals surface area contributed by atoms with E-state index in [9.17, 15) is 19.2 Å². The van der Waals surface area contributed by atoms with Crippen molar-refractivity contribution in [2.45, 2.75) is 52.2 Å². The summed E-state index contributed by atoms with van der Waals surface area (Å²) in [6.07, 6.45) is 0.334. The summed E-state index contributed by atoms with van der Waals surface area (Å²) in [5.74, 6) is -3.82. The van der Waals surface area contributed by atoms with Gasteiger partial charge in [0.25, 0.3) is 0 Å². The summed E-state index contributed by atoms with van der Waals surface area (Å²) < 4.78 is 9.49. The third-order valence-electron chi connectivity index (χ3n) is 2.41. The van der Waals surface area contributed by atoms with E-state index in [0.717, 1.165) is 13.3 Å². The normalized spacial score (nSPS) is 13.5. The molecule has 0 aliphatic heterocycles. The molecule has 7 nitrogen and oxygen atoms in total. The van der Waals surface area contributed by atoms with E-state index < -0.39 is 35.9 Å². The maximum atomic E-state index is 11.5. The van der Waals surface area contributed by atoms with Crippen LogP contribution in [0.1, 0.15) is 40.0 Å². The fourth-order valence-corrected chi connectivity index (χ4v) is 1.36. The zero-order valence-electron chi connectivity index (χ0n) is 12.3. The highest BCUT2D eigenvalue weighted by molar-refractivity contribution is 5.91. The van der Waals surface area contributed by atoms with Crippen molar-refractivity contribution in [2.75, 3.05) is 0 Å². The van der Waals surface area contributed by atoms with Crippen molar-refractivity contribution in [3.8, 4) is 0 Å². The van der Waals surface area contributed by atoms with Crippen LogP contribution in [-0.4, -0.2) is 41.0 Å². The summed E-state index contributed by atoms with van der Waals surface area (Å²) in [6, 6.07) is 0. The topological polar surface area (TPSA) is 107 Å². The quantitative estimate of drug-likeness (QED) is 0.504. The van der Waals surface area contributed by atoms with Gasteiger partial charge in [0.1, 0.15) is 0 Å². The van der Waals surface area contributed by atoms with Crippen molar-refractivity contribution in [1.29, 1.82) is 0 Å². The number of ether oxygens (including phenoxy) is 2. The highest BCUT2D eigenvalue weighted by atomic mass is 16.6. The van der Waals surface area contributed by atoms with E-state index >= 15 is 0 Å². The van der Waals surface area contributed by atoms with Crippen molar-refractivity contribution in [2.24, 2.45) is 0 Å². The van der Waals surface area contributed by atoms with Gasteiger partial charge < -0.3 is 14.6 Å². The molecule has 0 aromatic carbocycles. The first kappa shape index (κ1) is 18.8. The lowest BCUT2D eigenvalue weighted by molar-refractivity contribution is -0.181. The first-order valence-electron chi connectivity index (χ1n) is 6.60. The highest BCUT2D eigenvalue weighted by Gasteiger charge is 2.37. The van der Waals surface area contributed by atoms with Crippen LogP contribution >= 0.6 is 0 Å². The van der Waals surface area contributed by atoms with Crippen LogP contribution in [-0.2, 0) is 28.7 Å². The van der Waals surface area contributed by atoms with Gasteiger partial charge in [-0.2, -0.15) is 0 Å². The molecular formula is C14H20O7. The number of ketones is 1. The van der Waals surface area contributed by atoms with Gasteiger partial charge in [-0.15, -0.1) is 0 Å². The minimum Gasteiger partial charge on any atom is -0.478 e. The summed E-state index contributed by atoms with van der Waals surface area (Å²) in [7, 11) is 0. The molecule has 21 heavy (non-hydrogen) atoms. The van der Waals surface area contributed by atoms with Crippen molar-refractivity contribution < 1.29 is 33.8 Å². The van der Waals surface area contributed by atoms with Gasteiger partial charge in [0, 0.05) is 6.42 Å². The van der Waals surface area contributed by atoms with Crippen molar-refractivity contribution in [1.82, 2.24) is 0 Å². The van der Waals surface area contributed by atoms with Gasteiger partial charge in [-0.3, -0.25) is 14.4 Å². The lowest BCUT2D eigenvalue weighted by atomic mass is 10.1. The van der Waals surface area contributed by atoms with E-state index in [0.29, 0.717) is 0 Å². The third-order valence-corrected chi connectivity index (χ3v) is 2.41. The number of rotatable bonds is 9. The molecule has 0 spiro atoms. The SMILES string of the molecule is CC/C=C\CC(=O)OC(C(=O)O)C(OC(=O)CC)C(C)=O. The van der Waals surface area contributed by atoms with Crippen LogP contribution in [0.4, 0.5) is 0 Å².